The van der Waals surface area contributed by atoms with E-state index in [0.29, 0.717) is 26.3 Å². The van der Waals surface area contributed by atoms with Gasteiger partial charge in [0.2, 0.25) is 5.91 Å². The molecule has 6 heteroatoms. The molecule has 0 bridgehead atoms. The van der Waals surface area contributed by atoms with E-state index in [4.69, 9.17) is 14.6 Å². The molecule has 0 atom stereocenters. The van der Waals surface area contributed by atoms with E-state index in [2.05, 4.69) is 5.32 Å². The maximum Gasteiger partial charge on any atom is 0.234 e. The summed E-state index contributed by atoms with van der Waals surface area (Å²) >= 11 is 0. The molecule has 6 nitrogen and oxygen atoms in total. The number of carbonyl (C=O) groups is 1. The van der Waals surface area contributed by atoms with Crippen molar-refractivity contribution in [3.8, 4) is 11.5 Å². The SMILES string of the molecule is CCN(CCO)CC(=O)NC1(c2ccc3c(c2)OCCO3)CCCC1. The fourth-order valence-corrected chi connectivity index (χ4v) is 3.81. The number of nitrogens with one attached hydrogen (secondary N) is 1. The number of likely N-dealkylation sites (N-methyl/N-ethyl adjacent to an activating group) is 1. The second-order valence-electron chi connectivity index (χ2n) is 6.79. The average molecular weight is 348 g/mol. The molecule has 1 aliphatic heterocycles. The van der Waals surface area contributed by atoms with Crippen molar-refractivity contribution in [2.45, 2.75) is 38.1 Å². The van der Waals surface area contributed by atoms with Crippen LogP contribution in [0.15, 0.2) is 18.2 Å². The lowest BCUT2D eigenvalue weighted by atomic mass is 9.87. The molecule has 0 spiro atoms. The highest BCUT2D eigenvalue weighted by Gasteiger charge is 2.38. The highest BCUT2D eigenvalue weighted by atomic mass is 16.6. The summed E-state index contributed by atoms with van der Waals surface area (Å²) in [6.45, 7) is 4.76. The van der Waals surface area contributed by atoms with Gasteiger partial charge in [-0.05, 0) is 37.1 Å². The molecular formula is C19H28N2O4. The molecule has 2 N–H and O–H groups in total. The van der Waals surface area contributed by atoms with Crippen molar-refractivity contribution in [3.63, 3.8) is 0 Å². The van der Waals surface area contributed by atoms with Gasteiger partial charge in [-0.2, -0.15) is 0 Å². The number of carbonyl (C=O) groups excluding carboxylic acids is 1. The molecule has 1 aromatic rings. The van der Waals surface area contributed by atoms with Crippen LogP contribution in [-0.4, -0.2) is 55.4 Å². The average Bonchev–Trinajstić information content (AvgIpc) is 3.10. The zero-order valence-electron chi connectivity index (χ0n) is 14.9. The highest BCUT2D eigenvalue weighted by molar-refractivity contribution is 5.79. The van der Waals surface area contributed by atoms with E-state index < -0.39 is 0 Å². The van der Waals surface area contributed by atoms with Crippen LogP contribution in [0.25, 0.3) is 0 Å². The van der Waals surface area contributed by atoms with Crippen molar-refractivity contribution in [1.82, 2.24) is 10.2 Å². The fourth-order valence-electron chi connectivity index (χ4n) is 3.81. The van der Waals surface area contributed by atoms with Crippen molar-refractivity contribution in [1.29, 1.82) is 0 Å². The van der Waals surface area contributed by atoms with Gasteiger partial charge in [-0.1, -0.05) is 25.8 Å². The third kappa shape index (κ3) is 4.07. The van der Waals surface area contributed by atoms with Gasteiger partial charge in [0, 0.05) is 6.54 Å². The lowest BCUT2D eigenvalue weighted by Crippen LogP contribution is -2.48. The van der Waals surface area contributed by atoms with Crippen LogP contribution >= 0.6 is 0 Å². The Bertz CT molecular complexity index is 599. The molecule has 1 fully saturated rings. The monoisotopic (exact) mass is 348 g/mol. The molecule has 0 saturated heterocycles. The fraction of sp³-hybridized carbons (Fsp3) is 0.632. The third-order valence-electron chi connectivity index (χ3n) is 5.16. The maximum atomic E-state index is 12.6. The number of fused-ring (bicyclic) bond motifs is 1. The molecule has 138 valence electrons. The number of benzene rings is 1. The second-order valence-corrected chi connectivity index (χ2v) is 6.79. The number of rotatable bonds is 7. The Morgan fingerprint density at radius 2 is 1.96 bits per heavy atom. The van der Waals surface area contributed by atoms with Gasteiger partial charge in [-0.25, -0.2) is 0 Å². The first kappa shape index (κ1) is 18.0. The largest absolute Gasteiger partial charge is 0.486 e. The molecule has 0 unspecified atom stereocenters. The van der Waals surface area contributed by atoms with E-state index in [0.717, 1.165) is 49.3 Å². The van der Waals surface area contributed by atoms with Crippen LogP contribution in [0.4, 0.5) is 0 Å². The summed E-state index contributed by atoms with van der Waals surface area (Å²) in [6, 6.07) is 6.01. The van der Waals surface area contributed by atoms with Crippen molar-refractivity contribution in [2.24, 2.45) is 0 Å². The van der Waals surface area contributed by atoms with E-state index in [1.165, 1.54) is 0 Å². The van der Waals surface area contributed by atoms with Crippen LogP contribution < -0.4 is 14.8 Å². The van der Waals surface area contributed by atoms with E-state index in [1.54, 1.807) is 0 Å². The van der Waals surface area contributed by atoms with E-state index in [9.17, 15) is 4.79 Å². The summed E-state index contributed by atoms with van der Waals surface area (Å²) in [5.41, 5.74) is 0.763. The lowest BCUT2D eigenvalue weighted by molar-refractivity contribution is -0.124. The van der Waals surface area contributed by atoms with E-state index in [1.807, 2.05) is 30.0 Å². The van der Waals surface area contributed by atoms with E-state index in [-0.39, 0.29) is 18.1 Å². The third-order valence-corrected chi connectivity index (χ3v) is 5.16. The summed E-state index contributed by atoms with van der Waals surface area (Å²) in [6.07, 6.45) is 4.07. The number of nitrogens with zero attached hydrogens (tertiary/aromatic N) is 1. The number of amides is 1. The van der Waals surface area contributed by atoms with Gasteiger partial charge in [0.25, 0.3) is 0 Å². The van der Waals surface area contributed by atoms with Gasteiger partial charge < -0.3 is 19.9 Å². The maximum absolute atomic E-state index is 12.6. The zero-order valence-corrected chi connectivity index (χ0v) is 14.9. The minimum atomic E-state index is -0.328. The number of ether oxygens (including phenoxy) is 2. The summed E-state index contributed by atoms with van der Waals surface area (Å²) < 4.78 is 11.3. The topological polar surface area (TPSA) is 71.0 Å². The van der Waals surface area contributed by atoms with Gasteiger partial charge in [-0.15, -0.1) is 0 Å². The Morgan fingerprint density at radius 3 is 2.64 bits per heavy atom. The van der Waals surface area contributed by atoms with Gasteiger partial charge in [-0.3, -0.25) is 9.69 Å². The van der Waals surface area contributed by atoms with Gasteiger partial charge in [0.05, 0.1) is 18.7 Å². The van der Waals surface area contributed by atoms with Crippen molar-refractivity contribution >= 4 is 5.91 Å². The highest BCUT2D eigenvalue weighted by Crippen LogP contribution is 2.42. The quantitative estimate of drug-likeness (QED) is 0.784. The van der Waals surface area contributed by atoms with Crippen LogP contribution in [0.5, 0.6) is 11.5 Å². The molecule has 1 amide bonds. The van der Waals surface area contributed by atoms with Crippen LogP contribution in [0.3, 0.4) is 0 Å². The minimum absolute atomic E-state index is 0.00656. The summed E-state index contributed by atoms with van der Waals surface area (Å²) in [5, 5.41) is 12.4. The smallest absolute Gasteiger partial charge is 0.234 e. The Hall–Kier alpha value is -1.79. The summed E-state index contributed by atoms with van der Waals surface area (Å²) in [5.74, 6) is 1.54. The van der Waals surface area contributed by atoms with Crippen LogP contribution in [-0.2, 0) is 10.3 Å². The van der Waals surface area contributed by atoms with Crippen LogP contribution in [0.2, 0.25) is 0 Å². The normalized spacial score (nSPS) is 18.4. The molecule has 1 aliphatic carbocycles. The van der Waals surface area contributed by atoms with E-state index >= 15 is 0 Å². The summed E-state index contributed by atoms with van der Waals surface area (Å²) in [4.78, 5) is 14.6. The zero-order chi connectivity index (χ0) is 17.7. The number of hydrogen-bond acceptors (Lipinski definition) is 5. The standard InChI is InChI=1S/C19H28N2O4/c1-2-21(9-10-22)14-18(23)20-19(7-3-4-8-19)15-5-6-16-17(13-15)25-12-11-24-16/h5-6,13,22H,2-4,7-12,14H2,1H3,(H,20,23). The van der Waals surface area contributed by atoms with Gasteiger partial charge in [0.15, 0.2) is 11.5 Å². The van der Waals surface area contributed by atoms with Gasteiger partial charge >= 0.3 is 0 Å². The molecule has 1 aromatic carbocycles. The van der Waals surface area contributed by atoms with Crippen molar-refractivity contribution in [3.05, 3.63) is 23.8 Å². The lowest BCUT2D eigenvalue weighted by Gasteiger charge is -2.33. The van der Waals surface area contributed by atoms with Gasteiger partial charge in [0.1, 0.15) is 13.2 Å². The Balaban J connectivity index is 1.76. The molecular weight excluding hydrogens is 320 g/mol. The van der Waals surface area contributed by atoms with Crippen LogP contribution in [0, 0.1) is 0 Å². The Morgan fingerprint density at radius 1 is 1.24 bits per heavy atom. The first-order valence-corrected chi connectivity index (χ1v) is 9.21. The van der Waals surface area contributed by atoms with Crippen molar-refractivity contribution < 1.29 is 19.4 Å². The first-order valence-electron chi connectivity index (χ1n) is 9.21. The molecule has 1 heterocycles. The minimum Gasteiger partial charge on any atom is -0.486 e. The molecule has 0 radical (unpaired) electrons. The second kappa shape index (κ2) is 8.06. The number of hydrogen-bond donors (Lipinski definition) is 2. The molecule has 25 heavy (non-hydrogen) atoms. The molecule has 2 aliphatic rings. The molecule has 3 rings (SSSR count). The van der Waals surface area contributed by atoms with Crippen LogP contribution in [0.1, 0.15) is 38.2 Å². The predicted molar refractivity (Wildman–Crippen MR) is 94.9 cm³/mol. The van der Waals surface area contributed by atoms with Crippen molar-refractivity contribution in [2.75, 3.05) is 39.5 Å². The molecule has 1 saturated carbocycles. The first-order chi connectivity index (χ1) is 12.2. The molecule has 0 aromatic heterocycles. The number of aliphatic hydroxyl groups is 1. The Kier molecular flexibility index (Phi) is 5.81. The number of aliphatic hydroxyl groups excluding tert-OH is 1. The Labute approximate surface area is 149 Å². The predicted octanol–water partition coefficient (Wildman–Crippen LogP) is 1.66. The summed E-state index contributed by atoms with van der Waals surface area (Å²) in [7, 11) is 0.